The van der Waals surface area contributed by atoms with Crippen LogP contribution in [0.3, 0.4) is 0 Å². The second-order valence-corrected chi connectivity index (χ2v) is 6.01. The molecule has 106 valence electrons. The third kappa shape index (κ3) is 2.59. The zero-order valence-electron chi connectivity index (χ0n) is 10.6. The minimum Gasteiger partial charge on any atom is -0.300 e. The Bertz CT molecular complexity index is 758. The average molecular weight is 369 g/mol. The van der Waals surface area contributed by atoms with Gasteiger partial charge in [0.15, 0.2) is 0 Å². The van der Waals surface area contributed by atoms with E-state index in [2.05, 4.69) is 15.9 Å². The van der Waals surface area contributed by atoms with Crippen LogP contribution in [0.25, 0.3) is 0 Å². The molecule has 0 aromatic heterocycles. The molecule has 0 N–H and O–H groups in total. The van der Waals surface area contributed by atoms with Crippen LogP contribution in [0.5, 0.6) is 0 Å². The van der Waals surface area contributed by atoms with E-state index in [4.69, 9.17) is 11.6 Å². The Kier molecular flexibility index (Phi) is 3.55. The van der Waals surface area contributed by atoms with Crippen LogP contribution in [0.15, 0.2) is 40.9 Å². The van der Waals surface area contributed by atoms with Gasteiger partial charge in [0.25, 0.3) is 11.7 Å². The van der Waals surface area contributed by atoms with Gasteiger partial charge < -0.3 is 4.90 Å². The molecule has 2 aromatic carbocycles. The number of rotatable bonds is 2. The molecule has 0 saturated carbocycles. The summed E-state index contributed by atoms with van der Waals surface area (Å²) in [4.78, 5) is 25.4. The van der Waals surface area contributed by atoms with Crippen LogP contribution in [-0.4, -0.2) is 11.7 Å². The van der Waals surface area contributed by atoms with E-state index in [1.807, 2.05) is 0 Å². The maximum atomic E-state index is 13.4. The molecule has 0 unspecified atom stereocenters. The molecule has 1 aliphatic rings. The molecule has 0 fully saturated rings. The fourth-order valence-electron chi connectivity index (χ4n) is 2.31. The summed E-state index contributed by atoms with van der Waals surface area (Å²) < 4.78 is 14.0. The minimum atomic E-state index is -0.632. The Hall–Kier alpha value is -1.72. The summed E-state index contributed by atoms with van der Waals surface area (Å²) in [6, 6.07) is 9.06. The standard InChI is InChI=1S/C15H8BrClFNO2/c16-9-3-8(4-11(18)5-9)7-19-13-2-1-10(17)6-12(13)14(20)15(19)21/h1-6H,7H2. The molecule has 0 bridgehead atoms. The van der Waals surface area contributed by atoms with Crippen molar-refractivity contribution in [3.05, 3.63) is 62.8 Å². The zero-order chi connectivity index (χ0) is 15.1. The molecule has 0 spiro atoms. The molecule has 6 heteroatoms. The fourth-order valence-corrected chi connectivity index (χ4v) is 3.00. The van der Waals surface area contributed by atoms with E-state index >= 15 is 0 Å². The predicted octanol–water partition coefficient (Wildman–Crippen LogP) is 3.97. The lowest BCUT2D eigenvalue weighted by atomic mass is 10.1. The van der Waals surface area contributed by atoms with Gasteiger partial charge in [-0.1, -0.05) is 27.5 Å². The number of nitrogens with zero attached hydrogens (tertiary/aromatic N) is 1. The first-order valence-corrected chi connectivity index (χ1v) is 7.23. The Labute approximate surface area is 133 Å². The number of carbonyl (C=O) groups excluding carboxylic acids is 2. The molecule has 1 aliphatic heterocycles. The summed E-state index contributed by atoms with van der Waals surface area (Å²) in [5.41, 5.74) is 1.36. The van der Waals surface area contributed by atoms with E-state index in [0.29, 0.717) is 20.7 Å². The van der Waals surface area contributed by atoms with Crippen molar-refractivity contribution < 1.29 is 14.0 Å². The highest BCUT2D eigenvalue weighted by atomic mass is 79.9. The Morgan fingerprint density at radius 3 is 2.62 bits per heavy atom. The number of hydrogen-bond acceptors (Lipinski definition) is 2. The van der Waals surface area contributed by atoms with E-state index in [1.54, 1.807) is 18.2 Å². The second kappa shape index (κ2) is 5.24. The number of fused-ring (bicyclic) bond motifs is 1. The summed E-state index contributed by atoms with van der Waals surface area (Å²) in [6.45, 7) is 0.121. The van der Waals surface area contributed by atoms with E-state index in [1.165, 1.54) is 23.1 Å². The van der Waals surface area contributed by atoms with Gasteiger partial charge in [0.1, 0.15) is 5.82 Å². The van der Waals surface area contributed by atoms with Crippen molar-refractivity contribution in [1.29, 1.82) is 0 Å². The first kappa shape index (κ1) is 14.2. The first-order valence-electron chi connectivity index (χ1n) is 6.06. The van der Waals surface area contributed by atoms with E-state index in [0.717, 1.165) is 0 Å². The summed E-state index contributed by atoms with van der Waals surface area (Å²) in [7, 11) is 0. The molecule has 0 saturated heterocycles. The van der Waals surface area contributed by atoms with Gasteiger partial charge in [0, 0.05) is 9.50 Å². The number of carbonyl (C=O) groups is 2. The largest absolute Gasteiger partial charge is 0.300 e. The van der Waals surface area contributed by atoms with E-state index < -0.39 is 17.5 Å². The van der Waals surface area contributed by atoms with Crippen molar-refractivity contribution in [2.75, 3.05) is 4.90 Å². The van der Waals surface area contributed by atoms with Crippen LogP contribution >= 0.6 is 27.5 Å². The number of halogens is 3. The number of Topliss-reactive ketones (excluding diaryl/α,β-unsaturated/α-hetero) is 1. The lowest BCUT2D eigenvalue weighted by Gasteiger charge is -2.16. The highest BCUT2D eigenvalue weighted by Gasteiger charge is 2.35. The SMILES string of the molecule is O=C1C(=O)N(Cc2cc(F)cc(Br)c2)c2ccc(Cl)cc21. The van der Waals surface area contributed by atoms with Crippen molar-refractivity contribution in [2.45, 2.75) is 6.54 Å². The molecule has 1 heterocycles. The average Bonchev–Trinajstić information content (AvgIpc) is 2.63. The van der Waals surface area contributed by atoms with Crippen molar-refractivity contribution in [2.24, 2.45) is 0 Å². The lowest BCUT2D eigenvalue weighted by Crippen LogP contribution is -2.29. The highest BCUT2D eigenvalue weighted by Crippen LogP contribution is 2.32. The quantitative estimate of drug-likeness (QED) is 0.752. The minimum absolute atomic E-state index is 0.121. The van der Waals surface area contributed by atoms with Gasteiger partial charge in [-0.05, 0) is 42.0 Å². The van der Waals surface area contributed by atoms with Gasteiger partial charge in [-0.25, -0.2) is 4.39 Å². The molecular weight excluding hydrogens is 361 g/mol. The Morgan fingerprint density at radius 2 is 1.90 bits per heavy atom. The van der Waals surface area contributed by atoms with Crippen molar-refractivity contribution in [3.63, 3.8) is 0 Å². The number of benzene rings is 2. The molecule has 0 radical (unpaired) electrons. The van der Waals surface area contributed by atoms with Gasteiger partial charge in [-0.3, -0.25) is 9.59 Å². The first-order chi connectivity index (χ1) is 9.95. The molecule has 1 amide bonds. The summed E-state index contributed by atoms with van der Waals surface area (Å²) in [5.74, 6) is -1.63. The molecule has 0 aliphatic carbocycles. The van der Waals surface area contributed by atoms with Crippen molar-refractivity contribution in [3.8, 4) is 0 Å². The van der Waals surface area contributed by atoms with Crippen LogP contribution in [0, 0.1) is 5.82 Å². The molecule has 2 aromatic rings. The topological polar surface area (TPSA) is 37.4 Å². The number of hydrogen-bond donors (Lipinski definition) is 0. The summed E-state index contributed by atoms with van der Waals surface area (Å²) in [5, 5.41) is 0.394. The smallest absolute Gasteiger partial charge is 0.299 e. The van der Waals surface area contributed by atoms with Crippen LogP contribution in [0.2, 0.25) is 5.02 Å². The van der Waals surface area contributed by atoms with Crippen molar-refractivity contribution >= 4 is 44.9 Å². The van der Waals surface area contributed by atoms with Crippen LogP contribution in [0.1, 0.15) is 15.9 Å². The monoisotopic (exact) mass is 367 g/mol. The maximum absolute atomic E-state index is 13.4. The predicted molar refractivity (Wildman–Crippen MR) is 81.1 cm³/mol. The van der Waals surface area contributed by atoms with Crippen LogP contribution in [0.4, 0.5) is 10.1 Å². The van der Waals surface area contributed by atoms with Gasteiger partial charge in [-0.2, -0.15) is 0 Å². The fraction of sp³-hybridized carbons (Fsp3) is 0.0667. The third-order valence-corrected chi connectivity index (χ3v) is 3.89. The zero-order valence-corrected chi connectivity index (χ0v) is 12.9. The molecular formula is C15H8BrClFNO2. The molecule has 21 heavy (non-hydrogen) atoms. The summed E-state index contributed by atoms with van der Waals surface area (Å²) >= 11 is 9.05. The van der Waals surface area contributed by atoms with Gasteiger partial charge in [0.05, 0.1) is 17.8 Å². The Morgan fingerprint density at radius 1 is 1.14 bits per heavy atom. The maximum Gasteiger partial charge on any atom is 0.299 e. The number of ketones is 1. The number of amides is 1. The molecule has 3 nitrogen and oxygen atoms in total. The Balaban J connectivity index is 2.00. The number of anilines is 1. The van der Waals surface area contributed by atoms with Crippen LogP contribution in [-0.2, 0) is 11.3 Å². The van der Waals surface area contributed by atoms with Crippen LogP contribution < -0.4 is 4.90 Å². The third-order valence-electron chi connectivity index (χ3n) is 3.20. The normalized spacial score (nSPS) is 13.8. The second-order valence-electron chi connectivity index (χ2n) is 4.66. The lowest BCUT2D eigenvalue weighted by molar-refractivity contribution is -0.114. The summed E-state index contributed by atoms with van der Waals surface area (Å²) in [6.07, 6.45) is 0. The van der Waals surface area contributed by atoms with Crippen molar-refractivity contribution in [1.82, 2.24) is 0 Å². The highest BCUT2D eigenvalue weighted by molar-refractivity contribution is 9.10. The molecule has 0 atom stereocenters. The van der Waals surface area contributed by atoms with Gasteiger partial charge in [0.2, 0.25) is 0 Å². The molecule has 3 rings (SSSR count). The van der Waals surface area contributed by atoms with Gasteiger partial charge >= 0.3 is 0 Å². The van der Waals surface area contributed by atoms with E-state index in [9.17, 15) is 14.0 Å². The van der Waals surface area contributed by atoms with E-state index in [-0.39, 0.29) is 12.1 Å². The van der Waals surface area contributed by atoms with Gasteiger partial charge in [-0.15, -0.1) is 0 Å².